The van der Waals surface area contributed by atoms with Gasteiger partial charge in [0.25, 0.3) is 5.91 Å². The Morgan fingerprint density at radius 2 is 1.62 bits per heavy atom. The van der Waals surface area contributed by atoms with Crippen LogP contribution in [0.2, 0.25) is 0 Å². The van der Waals surface area contributed by atoms with Crippen molar-refractivity contribution in [2.24, 2.45) is 0 Å². The van der Waals surface area contributed by atoms with Gasteiger partial charge in [-0.1, -0.05) is 60.7 Å². The molecule has 55 heavy (non-hydrogen) atoms. The summed E-state index contributed by atoms with van der Waals surface area (Å²) in [5.74, 6) is 2.33. The molecule has 11 nitrogen and oxygen atoms in total. The van der Waals surface area contributed by atoms with Gasteiger partial charge in [0, 0.05) is 63.6 Å². The Hall–Kier alpha value is -5.68. The molecule has 11 heteroatoms. The summed E-state index contributed by atoms with van der Waals surface area (Å²) in [5.41, 5.74) is 4.96. The molecule has 0 bridgehead atoms. The molecule has 290 valence electrons. The minimum absolute atomic E-state index is 0.0476. The van der Waals surface area contributed by atoms with Crippen LogP contribution in [0.3, 0.4) is 0 Å². The van der Waals surface area contributed by atoms with Crippen molar-refractivity contribution in [2.45, 2.75) is 56.5 Å². The van der Waals surface area contributed by atoms with Crippen LogP contribution in [0, 0.1) is 0 Å². The normalized spacial score (nSPS) is 16.0. The van der Waals surface area contributed by atoms with Crippen LogP contribution in [0.1, 0.15) is 76.6 Å². The number of aldehydes is 1. The molecule has 2 heterocycles. The van der Waals surface area contributed by atoms with Gasteiger partial charge in [-0.15, -0.1) is 0 Å². The van der Waals surface area contributed by atoms with Crippen LogP contribution in [0.4, 0.5) is 0 Å². The van der Waals surface area contributed by atoms with Crippen LogP contribution < -0.4 is 19.5 Å². The molecule has 2 aliphatic rings. The number of rotatable bonds is 17. The molecular formula is C44H51N3O8. The smallest absolute Gasteiger partial charge is 0.255 e. The number of fused-ring (bicyclic) bond motifs is 2. The number of likely N-dealkylation sites (N-methyl/N-ethyl adjacent to an activating group) is 1. The Balaban J connectivity index is 0.00000285. The molecule has 2 aliphatic heterocycles. The van der Waals surface area contributed by atoms with Gasteiger partial charge in [0.1, 0.15) is 30.1 Å². The summed E-state index contributed by atoms with van der Waals surface area (Å²) in [6.45, 7) is 2.20. The van der Waals surface area contributed by atoms with E-state index < -0.39 is 6.04 Å². The summed E-state index contributed by atoms with van der Waals surface area (Å²) >= 11 is 0. The summed E-state index contributed by atoms with van der Waals surface area (Å²) in [4.78, 5) is 52.2. The third-order valence-electron chi connectivity index (χ3n) is 10.1. The van der Waals surface area contributed by atoms with E-state index in [-0.39, 0.29) is 42.4 Å². The lowest BCUT2D eigenvalue weighted by molar-refractivity contribution is -0.130. The number of ether oxygens (including phenoxy) is 3. The van der Waals surface area contributed by atoms with Crippen LogP contribution in [0.25, 0.3) is 0 Å². The van der Waals surface area contributed by atoms with Crippen molar-refractivity contribution in [1.82, 2.24) is 15.1 Å². The molecule has 6 rings (SSSR count). The summed E-state index contributed by atoms with van der Waals surface area (Å²) in [7, 11) is 4.33. The lowest BCUT2D eigenvalue weighted by atomic mass is 9.76. The number of hydrogen-bond acceptors (Lipinski definition) is 8. The summed E-state index contributed by atoms with van der Waals surface area (Å²) < 4.78 is 18.1. The van der Waals surface area contributed by atoms with Crippen LogP contribution in [-0.4, -0.2) is 92.5 Å². The average molecular weight is 750 g/mol. The number of aliphatic hydroxyl groups is 1. The highest BCUT2D eigenvalue weighted by atomic mass is 16.5. The fraction of sp³-hybridized carbons (Fsp3) is 0.364. The first kappa shape index (κ1) is 40.5. The predicted octanol–water partition coefficient (Wildman–Crippen LogP) is 5.74. The molecule has 4 aromatic rings. The van der Waals surface area contributed by atoms with Crippen molar-refractivity contribution >= 4 is 24.0 Å². The Morgan fingerprint density at radius 1 is 0.909 bits per heavy atom. The monoisotopic (exact) mass is 749 g/mol. The Bertz CT molecular complexity index is 1880. The van der Waals surface area contributed by atoms with Crippen molar-refractivity contribution in [1.29, 1.82) is 0 Å². The number of nitrogens with one attached hydrogen (secondary N) is 1. The third-order valence-corrected chi connectivity index (χ3v) is 10.1. The maximum Gasteiger partial charge on any atom is 0.255 e. The fourth-order valence-electron chi connectivity index (χ4n) is 7.10. The predicted molar refractivity (Wildman–Crippen MR) is 209 cm³/mol. The fourth-order valence-corrected chi connectivity index (χ4v) is 7.10. The van der Waals surface area contributed by atoms with E-state index in [1.807, 2.05) is 36.4 Å². The van der Waals surface area contributed by atoms with E-state index in [1.165, 1.54) is 21.6 Å². The highest BCUT2D eigenvalue weighted by Crippen LogP contribution is 2.46. The van der Waals surface area contributed by atoms with E-state index in [0.29, 0.717) is 63.5 Å². The van der Waals surface area contributed by atoms with E-state index in [1.54, 1.807) is 31.1 Å². The number of nitrogens with zero attached hydrogens (tertiary/aromatic N) is 2. The molecule has 3 atom stereocenters. The molecule has 0 aliphatic carbocycles. The number of carbonyl (C=O) groups is 4. The summed E-state index contributed by atoms with van der Waals surface area (Å²) in [6.07, 6.45) is 2.93. The van der Waals surface area contributed by atoms with Gasteiger partial charge in [0.05, 0.1) is 25.8 Å². The minimum atomic E-state index is -0.666. The third kappa shape index (κ3) is 10.3. The van der Waals surface area contributed by atoms with Crippen LogP contribution in [-0.2, 0) is 20.9 Å². The minimum Gasteiger partial charge on any atom is -0.494 e. The zero-order chi connectivity index (χ0) is 39.2. The Kier molecular flexibility index (Phi) is 14.8. The van der Waals surface area contributed by atoms with Gasteiger partial charge in [-0.25, -0.2) is 0 Å². The second kappa shape index (κ2) is 20.1. The number of hydrogen-bond donors (Lipinski definition) is 2. The number of amides is 3. The Labute approximate surface area is 323 Å². The number of para-hydroxylation sites is 1. The zero-order valence-corrected chi connectivity index (χ0v) is 31.8. The second-order valence-electron chi connectivity index (χ2n) is 13.5. The van der Waals surface area contributed by atoms with Crippen LogP contribution >= 0.6 is 0 Å². The van der Waals surface area contributed by atoms with Crippen molar-refractivity contribution in [2.75, 3.05) is 47.6 Å². The van der Waals surface area contributed by atoms with E-state index in [0.717, 1.165) is 30.5 Å². The van der Waals surface area contributed by atoms with Gasteiger partial charge in [-0.3, -0.25) is 14.4 Å². The molecule has 0 spiro atoms. The largest absolute Gasteiger partial charge is 0.494 e. The highest BCUT2D eigenvalue weighted by Gasteiger charge is 2.34. The molecule has 0 fully saturated rings. The SMILES string of the molecule is CNC(=O)CCC(C=O)N1Cc2cc(OCCCCC(=O)N(C)CCOc3ccc(C4c5ccccc5OCC4c4ccccc4)cc3)ccc2C1=O.CO. The molecule has 0 aromatic heterocycles. The van der Waals surface area contributed by atoms with Crippen molar-refractivity contribution in [3.05, 3.63) is 125 Å². The quantitative estimate of drug-likeness (QED) is 0.103. The first-order valence-corrected chi connectivity index (χ1v) is 18.8. The standard InChI is InChI=1S/C43H47N3O7.CH4O/c1-44-40(48)22-17-33(28-47)46-27-32-26-35(20-21-36(32)43(46)50)51-24-9-8-14-41(49)45(2)23-25-52-34-18-15-31(16-19-34)42-37-12-6-7-13-39(37)53-29-38(42)30-10-4-3-5-11-30;1-2/h3-7,10-13,15-16,18-21,26,28,33,38,42H,8-9,14,17,22-25,27,29H2,1-2H3,(H,44,48);2H,1H3. The molecule has 2 N–H and O–H groups in total. The zero-order valence-electron chi connectivity index (χ0n) is 31.8. The number of carbonyl (C=O) groups excluding carboxylic acids is 4. The van der Waals surface area contributed by atoms with Gasteiger partial charge in [0.2, 0.25) is 11.8 Å². The molecule has 4 aromatic carbocycles. The number of aliphatic hydroxyl groups excluding tert-OH is 1. The first-order valence-electron chi connectivity index (χ1n) is 18.8. The van der Waals surface area contributed by atoms with Gasteiger partial charge >= 0.3 is 0 Å². The maximum absolute atomic E-state index is 12.9. The summed E-state index contributed by atoms with van der Waals surface area (Å²) in [5, 5.41) is 9.54. The van der Waals surface area contributed by atoms with Crippen molar-refractivity contribution < 1.29 is 38.5 Å². The van der Waals surface area contributed by atoms with E-state index in [2.05, 4.69) is 53.8 Å². The van der Waals surface area contributed by atoms with Crippen molar-refractivity contribution in [3.8, 4) is 17.2 Å². The molecule has 3 unspecified atom stereocenters. The first-order chi connectivity index (χ1) is 26.9. The second-order valence-corrected chi connectivity index (χ2v) is 13.5. The van der Waals surface area contributed by atoms with Gasteiger partial charge in [-0.05, 0) is 72.4 Å². The Morgan fingerprint density at radius 3 is 2.36 bits per heavy atom. The lowest BCUT2D eigenvalue weighted by Crippen LogP contribution is -2.37. The van der Waals surface area contributed by atoms with Crippen molar-refractivity contribution in [3.63, 3.8) is 0 Å². The van der Waals surface area contributed by atoms with E-state index >= 15 is 0 Å². The lowest BCUT2D eigenvalue weighted by Gasteiger charge is -2.34. The van der Waals surface area contributed by atoms with Gasteiger partial charge in [-0.2, -0.15) is 0 Å². The molecular weight excluding hydrogens is 698 g/mol. The summed E-state index contributed by atoms with van der Waals surface area (Å²) in [6, 6.07) is 31.7. The highest BCUT2D eigenvalue weighted by molar-refractivity contribution is 6.00. The number of unbranched alkanes of at least 4 members (excludes halogenated alkanes) is 1. The van der Waals surface area contributed by atoms with E-state index in [9.17, 15) is 19.2 Å². The topological polar surface area (TPSA) is 135 Å². The average Bonchev–Trinajstić information content (AvgIpc) is 3.56. The van der Waals surface area contributed by atoms with Crippen LogP contribution in [0.15, 0.2) is 97.1 Å². The number of benzene rings is 4. The van der Waals surface area contributed by atoms with Gasteiger partial charge in [0.15, 0.2) is 0 Å². The van der Waals surface area contributed by atoms with Crippen LogP contribution in [0.5, 0.6) is 17.2 Å². The maximum atomic E-state index is 12.9. The molecule has 0 saturated carbocycles. The molecule has 0 radical (unpaired) electrons. The van der Waals surface area contributed by atoms with E-state index in [4.69, 9.17) is 19.3 Å². The molecule has 3 amide bonds. The van der Waals surface area contributed by atoms with Gasteiger partial charge < -0.3 is 39.2 Å². The molecule has 0 saturated heterocycles.